The molecule has 0 unspecified atom stereocenters. The van der Waals surface area contributed by atoms with E-state index in [2.05, 4.69) is 17.0 Å². The smallest absolute Gasteiger partial charge is 0.240 e. The summed E-state index contributed by atoms with van der Waals surface area (Å²) in [5.74, 6) is 0. The molecule has 1 aromatic carbocycles. The second-order valence-electron chi connectivity index (χ2n) is 4.03. The van der Waals surface area contributed by atoms with Gasteiger partial charge in [-0.2, -0.15) is 0 Å². The maximum Gasteiger partial charge on any atom is 0.240 e. The van der Waals surface area contributed by atoms with Crippen molar-refractivity contribution < 1.29 is 8.42 Å². The molecule has 0 fully saturated rings. The van der Waals surface area contributed by atoms with E-state index in [1.54, 1.807) is 19.1 Å². The summed E-state index contributed by atoms with van der Waals surface area (Å²) in [5, 5.41) is 3.15. The summed E-state index contributed by atoms with van der Waals surface area (Å²) in [6.45, 7) is 4.99. The molecule has 102 valence electrons. The highest BCUT2D eigenvalue weighted by molar-refractivity contribution is 7.89. The molecule has 18 heavy (non-hydrogen) atoms. The SMILES string of the molecule is CCCCNc1cc(S(=O)(=O)NCC)ccc1N. The van der Waals surface area contributed by atoms with Gasteiger partial charge in [0.25, 0.3) is 0 Å². The number of rotatable bonds is 7. The average molecular weight is 271 g/mol. The van der Waals surface area contributed by atoms with Crippen LogP contribution in [0.25, 0.3) is 0 Å². The number of unbranched alkanes of at least 4 members (excludes halogenated alkanes) is 1. The number of nitrogen functional groups attached to an aromatic ring is 1. The monoisotopic (exact) mass is 271 g/mol. The molecule has 0 radical (unpaired) electrons. The predicted octanol–water partition coefficient (Wildman–Crippen LogP) is 1.78. The average Bonchev–Trinajstić information content (AvgIpc) is 2.31. The first-order valence-electron chi connectivity index (χ1n) is 6.14. The van der Waals surface area contributed by atoms with Gasteiger partial charge in [0.15, 0.2) is 0 Å². The van der Waals surface area contributed by atoms with Crippen molar-refractivity contribution in [2.45, 2.75) is 31.6 Å². The van der Waals surface area contributed by atoms with Crippen LogP contribution in [-0.2, 0) is 10.0 Å². The number of anilines is 2. The maximum absolute atomic E-state index is 11.8. The molecule has 4 N–H and O–H groups in total. The van der Waals surface area contributed by atoms with Gasteiger partial charge in [-0.3, -0.25) is 0 Å². The summed E-state index contributed by atoms with van der Waals surface area (Å²) in [4.78, 5) is 0.234. The summed E-state index contributed by atoms with van der Waals surface area (Å²) in [7, 11) is -3.43. The van der Waals surface area contributed by atoms with Crippen molar-refractivity contribution in [2.75, 3.05) is 24.1 Å². The van der Waals surface area contributed by atoms with E-state index in [9.17, 15) is 8.42 Å². The Bertz CT molecular complexity index is 486. The third kappa shape index (κ3) is 3.89. The number of hydrogen-bond acceptors (Lipinski definition) is 4. The minimum Gasteiger partial charge on any atom is -0.397 e. The fraction of sp³-hybridized carbons (Fsp3) is 0.500. The normalized spacial score (nSPS) is 11.4. The van der Waals surface area contributed by atoms with Gasteiger partial charge in [-0.25, -0.2) is 13.1 Å². The molecule has 0 aliphatic rings. The van der Waals surface area contributed by atoms with Crippen LogP contribution >= 0.6 is 0 Å². The highest BCUT2D eigenvalue weighted by atomic mass is 32.2. The van der Waals surface area contributed by atoms with Gasteiger partial charge in [0.05, 0.1) is 16.3 Å². The zero-order chi connectivity index (χ0) is 13.6. The largest absolute Gasteiger partial charge is 0.397 e. The van der Waals surface area contributed by atoms with Crippen molar-refractivity contribution in [1.82, 2.24) is 4.72 Å². The Labute approximate surface area is 109 Å². The zero-order valence-corrected chi connectivity index (χ0v) is 11.7. The number of sulfonamides is 1. The number of nitrogens with one attached hydrogen (secondary N) is 2. The number of benzene rings is 1. The summed E-state index contributed by atoms with van der Waals surface area (Å²) >= 11 is 0. The van der Waals surface area contributed by atoms with Crippen molar-refractivity contribution in [1.29, 1.82) is 0 Å². The third-order valence-electron chi connectivity index (χ3n) is 2.52. The molecule has 0 atom stereocenters. The second kappa shape index (κ2) is 6.61. The van der Waals surface area contributed by atoms with Gasteiger partial charge in [-0.15, -0.1) is 0 Å². The van der Waals surface area contributed by atoms with Gasteiger partial charge in [0.2, 0.25) is 10.0 Å². The van der Waals surface area contributed by atoms with E-state index >= 15 is 0 Å². The molecule has 0 amide bonds. The van der Waals surface area contributed by atoms with Crippen molar-refractivity contribution in [3.8, 4) is 0 Å². The summed E-state index contributed by atoms with van der Waals surface area (Å²) in [6, 6.07) is 4.69. The first-order valence-corrected chi connectivity index (χ1v) is 7.62. The van der Waals surface area contributed by atoms with E-state index in [0.717, 1.165) is 19.4 Å². The van der Waals surface area contributed by atoms with E-state index in [-0.39, 0.29) is 4.90 Å². The topological polar surface area (TPSA) is 84.2 Å². The van der Waals surface area contributed by atoms with Crippen LogP contribution in [0.15, 0.2) is 23.1 Å². The molecule has 0 saturated heterocycles. The zero-order valence-electron chi connectivity index (χ0n) is 10.9. The number of nitrogens with two attached hydrogens (primary N) is 1. The molecular weight excluding hydrogens is 250 g/mol. The highest BCUT2D eigenvalue weighted by Gasteiger charge is 2.13. The molecule has 5 nitrogen and oxygen atoms in total. The fourth-order valence-electron chi connectivity index (χ4n) is 1.53. The molecule has 0 heterocycles. The molecule has 0 aromatic heterocycles. The van der Waals surface area contributed by atoms with E-state index in [1.807, 2.05) is 0 Å². The highest BCUT2D eigenvalue weighted by Crippen LogP contribution is 2.22. The van der Waals surface area contributed by atoms with Crippen LogP contribution in [0.1, 0.15) is 26.7 Å². The van der Waals surface area contributed by atoms with E-state index in [4.69, 9.17) is 5.73 Å². The molecule has 0 spiro atoms. The first kappa shape index (κ1) is 14.8. The molecule has 1 rings (SSSR count). The van der Waals surface area contributed by atoms with Crippen molar-refractivity contribution in [3.63, 3.8) is 0 Å². The number of hydrogen-bond donors (Lipinski definition) is 3. The van der Waals surface area contributed by atoms with E-state index < -0.39 is 10.0 Å². The lowest BCUT2D eigenvalue weighted by Crippen LogP contribution is -2.23. The van der Waals surface area contributed by atoms with Crippen LogP contribution < -0.4 is 15.8 Å². The minimum absolute atomic E-state index is 0.234. The lowest BCUT2D eigenvalue weighted by molar-refractivity contribution is 0.584. The second-order valence-corrected chi connectivity index (χ2v) is 5.80. The van der Waals surface area contributed by atoms with Crippen LogP contribution in [0.5, 0.6) is 0 Å². The van der Waals surface area contributed by atoms with Gasteiger partial charge in [-0.05, 0) is 24.6 Å². The van der Waals surface area contributed by atoms with Crippen LogP contribution in [0, 0.1) is 0 Å². The van der Waals surface area contributed by atoms with Gasteiger partial charge in [0, 0.05) is 13.1 Å². The quantitative estimate of drug-likeness (QED) is 0.521. The first-order chi connectivity index (χ1) is 8.51. The van der Waals surface area contributed by atoms with Crippen LogP contribution in [-0.4, -0.2) is 21.5 Å². The Balaban J connectivity index is 2.93. The Kier molecular flexibility index (Phi) is 5.43. The van der Waals surface area contributed by atoms with Gasteiger partial charge < -0.3 is 11.1 Å². The Hall–Kier alpha value is -1.27. The van der Waals surface area contributed by atoms with Gasteiger partial charge in [0.1, 0.15) is 0 Å². The standard InChI is InChI=1S/C12H21N3O2S/c1-3-5-8-14-12-9-10(6-7-11(12)13)18(16,17)15-4-2/h6-7,9,14-15H,3-5,8,13H2,1-2H3. The molecule has 6 heteroatoms. The van der Waals surface area contributed by atoms with Crippen molar-refractivity contribution in [3.05, 3.63) is 18.2 Å². The van der Waals surface area contributed by atoms with E-state index in [1.165, 1.54) is 6.07 Å². The molecule has 0 bridgehead atoms. The molecule has 0 aliphatic heterocycles. The predicted molar refractivity (Wildman–Crippen MR) is 75.1 cm³/mol. The Morgan fingerprint density at radius 2 is 2.00 bits per heavy atom. The molecule has 0 aliphatic carbocycles. The molecule has 0 saturated carbocycles. The van der Waals surface area contributed by atoms with Gasteiger partial charge >= 0.3 is 0 Å². The van der Waals surface area contributed by atoms with Crippen molar-refractivity contribution in [2.24, 2.45) is 0 Å². The Morgan fingerprint density at radius 3 is 2.61 bits per heavy atom. The summed E-state index contributed by atoms with van der Waals surface area (Å²) in [5.41, 5.74) is 7.04. The summed E-state index contributed by atoms with van der Waals surface area (Å²) in [6.07, 6.45) is 2.09. The Morgan fingerprint density at radius 1 is 1.28 bits per heavy atom. The van der Waals surface area contributed by atoms with E-state index in [0.29, 0.717) is 17.9 Å². The lowest BCUT2D eigenvalue weighted by atomic mass is 10.2. The minimum atomic E-state index is -3.43. The molecular formula is C12H21N3O2S. The lowest BCUT2D eigenvalue weighted by Gasteiger charge is -2.11. The van der Waals surface area contributed by atoms with Crippen LogP contribution in [0.2, 0.25) is 0 Å². The van der Waals surface area contributed by atoms with Gasteiger partial charge in [-0.1, -0.05) is 20.3 Å². The van der Waals surface area contributed by atoms with Crippen molar-refractivity contribution >= 4 is 21.4 Å². The summed E-state index contributed by atoms with van der Waals surface area (Å²) < 4.78 is 26.1. The molecule has 1 aromatic rings. The maximum atomic E-state index is 11.8. The fourth-order valence-corrected chi connectivity index (χ4v) is 2.60. The van der Waals surface area contributed by atoms with Crippen LogP contribution in [0.3, 0.4) is 0 Å². The van der Waals surface area contributed by atoms with Crippen LogP contribution in [0.4, 0.5) is 11.4 Å². The third-order valence-corrected chi connectivity index (χ3v) is 4.06.